The molecular formula is C37H82N2O8. The van der Waals surface area contributed by atoms with Crippen molar-refractivity contribution in [1.29, 1.82) is 0 Å². The number of carbonyl (C=O) groups is 2. The summed E-state index contributed by atoms with van der Waals surface area (Å²) in [6.45, 7) is 16.6. The lowest BCUT2D eigenvalue weighted by Gasteiger charge is -2.19. The molecule has 1 unspecified atom stereocenters. The second kappa shape index (κ2) is 44.3. The Morgan fingerprint density at radius 2 is 1.23 bits per heavy atom. The van der Waals surface area contributed by atoms with Crippen molar-refractivity contribution in [2.24, 2.45) is 5.92 Å². The molecule has 0 fully saturated rings. The first kappa shape index (κ1) is 54.7. The smallest absolute Gasteiger partial charge is 0.407 e. The topological polar surface area (TPSA) is 138 Å². The molecule has 0 saturated carbocycles. The zero-order valence-corrected chi connectivity index (χ0v) is 29.9. The number of nitrogens with zero attached hydrogens (tertiary/aromatic N) is 1. The minimum Gasteiger partial charge on any atom is -0.465 e. The Morgan fingerprint density at radius 1 is 0.766 bits per heavy atom. The number of carbonyl (C=O) groups excluding carboxylic acids is 2. The number of alkyl carbamates (subject to hydrolysis) is 1. The number of nitrogens with one attached hydrogen (secondary N) is 1. The van der Waals surface area contributed by atoms with E-state index in [-0.39, 0.29) is 54.0 Å². The van der Waals surface area contributed by atoms with Crippen LogP contribution in [0.4, 0.5) is 4.79 Å². The van der Waals surface area contributed by atoms with Gasteiger partial charge in [0.2, 0.25) is 0 Å². The number of hydrogen-bond acceptors (Lipinski definition) is 8. The second-order valence-electron chi connectivity index (χ2n) is 11.2. The van der Waals surface area contributed by atoms with E-state index < -0.39 is 18.3 Å². The molecule has 4 N–H and O–H groups in total. The zero-order chi connectivity index (χ0) is 33.1. The minimum atomic E-state index is -0.537. The summed E-state index contributed by atoms with van der Waals surface area (Å²) in [5, 5.41) is 12.3. The standard InChI is InChI=1S/C31H62N2O7.C4H8.2CH4.H2O.H2/c1-5-9-11-13-15-17-23-37-30(38-24-18-16-14-12-10-6-2)20-19-29(35)39-26-28(25-34)27-40-31(36)32-21-22-33(7-3)8-4;1-3-4-2;;;;/h28,30,34H,5-27H2,1-4H3,(H,32,36);3-4H,1-2H3;2*1H4;1H2;1H. The molecule has 0 bridgehead atoms. The molecular weight excluding hydrogens is 600 g/mol. The third-order valence-corrected chi connectivity index (χ3v) is 7.30. The third kappa shape index (κ3) is 40.4. The van der Waals surface area contributed by atoms with Crippen molar-refractivity contribution in [3.05, 3.63) is 12.2 Å². The number of rotatable bonds is 29. The van der Waals surface area contributed by atoms with Crippen LogP contribution in [0.2, 0.25) is 0 Å². The van der Waals surface area contributed by atoms with Crippen molar-refractivity contribution in [3.8, 4) is 0 Å². The third-order valence-electron chi connectivity index (χ3n) is 7.30. The van der Waals surface area contributed by atoms with Crippen LogP contribution in [-0.2, 0) is 23.7 Å². The Bertz CT molecular complexity index is 633. The summed E-state index contributed by atoms with van der Waals surface area (Å²) in [6.07, 6.45) is 17.9. The zero-order valence-electron chi connectivity index (χ0n) is 29.9. The summed E-state index contributed by atoms with van der Waals surface area (Å²) in [5.41, 5.74) is 0. The van der Waals surface area contributed by atoms with Crippen LogP contribution in [0.5, 0.6) is 0 Å². The highest BCUT2D eigenvalue weighted by Crippen LogP contribution is 2.12. The van der Waals surface area contributed by atoms with Gasteiger partial charge >= 0.3 is 12.1 Å². The maximum absolute atomic E-state index is 12.4. The molecule has 0 aromatic heterocycles. The summed E-state index contributed by atoms with van der Waals surface area (Å²) < 4.78 is 22.5. The highest BCUT2D eigenvalue weighted by Gasteiger charge is 2.17. The first-order valence-corrected chi connectivity index (χ1v) is 17.6. The number of aliphatic hydroxyl groups excluding tert-OH is 1. The molecule has 0 heterocycles. The van der Waals surface area contributed by atoms with E-state index in [4.69, 9.17) is 18.9 Å². The van der Waals surface area contributed by atoms with Gasteiger partial charge in [-0.05, 0) is 39.8 Å². The van der Waals surface area contributed by atoms with Gasteiger partial charge in [0.25, 0.3) is 0 Å². The van der Waals surface area contributed by atoms with Gasteiger partial charge in [0.15, 0.2) is 6.29 Å². The van der Waals surface area contributed by atoms with Crippen molar-refractivity contribution in [3.63, 3.8) is 0 Å². The fourth-order valence-electron chi connectivity index (χ4n) is 4.18. The fraction of sp³-hybridized carbons (Fsp3) is 0.892. The molecule has 0 saturated heterocycles. The lowest BCUT2D eigenvalue weighted by Crippen LogP contribution is -2.36. The van der Waals surface area contributed by atoms with E-state index in [0.717, 1.165) is 45.3 Å². The minimum absolute atomic E-state index is 0. The van der Waals surface area contributed by atoms with E-state index in [1.54, 1.807) is 0 Å². The second-order valence-corrected chi connectivity index (χ2v) is 11.2. The van der Waals surface area contributed by atoms with Gasteiger partial charge in [-0.1, -0.05) is 119 Å². The Hall–Kier alpha value is -1.72. The van der Waals surface area contributed by atoms with E-state index in [1.165, 1.54) is 51.4 Å². The van der Waals surface area contributed by atoms with E-state index >= 15 is 0 Å². The quantitative estimate of drug-likeness (QED) is 0.0348. The maximum atomic E-state index is 12.4. The summed E-state index contributed by atoms with van der Waals surface area (Å²) in [5.74, 6) is -0.848. The molecule has 0 spiro atoms. The normalized spacial score (nSPS) is 11.2. The molecule has 47 heavy (non-hydrogen) atoms. The molecule has 0 radical (unpaired) electrons. The monoisotopic (exact) mass is 683 g/mol. The number of hydrogen-bond donors (Lipinski definition) is 2. The molecule has 10 nitrogen and oxygen atoms in total. The van der Waals surface area contributed by atoms with Crippen molar-refractivity contribution in [1.82, 2.24) is 10.2 Å². The SMILES string of the molecule is C.C.CC=CC.CCCCCCCCOC(CCC(=O)OCC(CO)COC(=O)NCCN(CC)CC)OCCCCCCCC.O.[HH]. The summed E-state index contributed by atoms with van der Waals surface area (Å²) in [6, 6.07) is 0. The highest BCUT2D eigenvalue weighted by atomic mass is 16.7. The Morgan fingerprint density at radius 3 is 1.68 bits per heavy atom. The number of ether oxygens (including phenoxy) is 4. The summed E-state index contributed by atoms with van der Waals surface area (Å²) >= 11 is 0. The molecule has 0 rings (SSSR count). The van der Waals surface area contributed by atoms with Gasteiger partial charge in [-0.15, -0.1) is 0 Å². The van der Waals surface area contributed by atoms with Gasteiger partial charge in [0.05, 0.1) is 25.6 Å². The van der Waals surface area contributed by atoms with Crippen molar-refractivity contribution < 1.29 is 40.5 Å². The Kier molecular flexibility index (Phi) is 51.6. The van der Waals surface area contributed by atoms with E-state index in [1.807, 2.05) is 26.0 Å². The molecule has 1 amide bonds. The molecule has 0 aliphatic carbocycles. The summed E-state index contributed by atoms with van der Waals surface area (Å²) in [7, 11) is 0. The molecule has 0 aromatic rings. The number of likely N-dealkylation sites (N-methyl/N-ethyl adjacent to an activating group) is 1. The van der Waals surface area contributed by atoms with Crippen molar-refractivity contribution >= 4 is 12.1 Å². The van der Waals surface area contributed by atoms with Crippen LogP contribution < -0.4 is 5.32 Å². The number of unbranched alkanes of at least 4 members (excludes halogenated alkanes) is 10. The highest BCUT2D eigenvalue weighted by molar-refractivity contribution is 5.69. The van der Waals surface area contributed by atoms with E-state index in [0.29, 0.717) is 26.2 Å². The Labute approximate surface area is 292 Å². The van der Waals surface area contributed by atoms with Crippen LogP contribution in [0, 0.1) is 5.92 Å². The van der Waals surface area contributed by atoms with Gasteiger partial charge in [-0.2, -0.15) is 0 Å². The van der Waals surface area contributed by atoms with Crippen LogP contribution in [0.1, 0.15) is 148 Å². The van der Waals surface area contributed by atoms with Crippen molar-refractivity contribution in [2.45, 2.75) is 153 Å². The first-order chi connectivity index (χ1) is 21.4. The fourth-order valence-corrected chi connectivity index (χ4v) is 4.18. The van der Waals surface area contributed by atoms with Crippen LogP contribution in [-0.4, -0.2) is 93.0 Å². The van der Waals surface area contributed by atoms with Crippen LogP contribution in [0.15, 0.2) is 12.2 Å². The van der Waals surface area contributed by atoms with Gasteiger partial charge in [0, 0.05) is 34.2 Å². The number of aliphatic hydroxyl groups is 1. The molecule has 10 heteroatoms. The average molecular weight is 683 g/mol. The maximum Gasteiger partial charge on any atom is 0.407 e. The van der Waals surface area contributed by atoms with Crippen LogP contribution >= 0.6 is 0 Å². The first-order valence-electron chi connectivity index (χ1n) is 17.6. The molecule has 288 valence electrons. The predicted octanol–water partition coefficient (Wildman–Crippen LogP) is 8.34. The van der Waals surface area contributed by atoms with E-state index in [9.17, 15) is 14.7 Å². The van der Waals surface area contributed by atoms with Crippen LogP contribution in [0.25, 0.3) is 0 Å². The molecule has 0 aliphatic rings. The predicted molar refractivity (Wildman–Crippen MR) is 200 cm³/mol. The summed E-state index contributed by atoms with van der Waals surface area (Å²) in [4.78, 5) is 26.5. The van der Waals surface area contributed by atoms with Gasteiger partial charge in [-0.25, -0.2) is 4.79 Å². The van der Waals surface area contributed by atoms with Gasteiger partial charge < -0.3 is 39.7 Å². The number of allylic oxidation sites excluding steroid dienone is 2. The number of amides is 1. The van der Waals surface area contributed by atoms with Crippen molar-refractivity contribution in [2.75, 3.05) is 59.2 Å². The molecule has 1 atom stereocenters. The lowest BCUT2D eigenvalue weighted by atomic mass is 10.1. The molecule has 0 aromatic carbocycles. The largest absolute Gasteiger partial charge is 0.465 e. The molecule has 0 aliphatic heterocycles. The van der Waals surface area contributed by atoms with Gasteiger partial charge in [-0.3, -0.25) is 4.79 Å². The average Bonchev–Trinajstić information content (AvgIpc) is 3.04. The van der Waals surface area contributed by atoms with E-state index in [2.05, 4.69) is 37.9 Å². The van der Waals surface area contributed by atoms with Crippen LogP contribution in [0.3, 0.4) is 0 Å². The number of esters is 1. The lowest BCUT2D eigenvalue weighted by molar-refractivity contribution is -0.160. The van der Waals surface area contributed by atoms with Gasteiger partial charge in [0.1, 0.15) is 6.61 Å². The Balaban J connectivity index is -0.000000519.